The van der Waals surface area contributed by atoms with Crippen LogP contribution in [0.5, 0.6) is 0 Å². The molecule has 2 N–H and O–H groups in total. The van der Waals surface area contributed by atoms with Gasteiger partial charge in [0.25, 0.3) is 0 Å². The first-order chi connectivity index (χ1) is 8.13. The largest absolute Gasteiger partial charge is 0.477 e. The number of rotatable bonds is 1. The second kappa shape index (κ2) is 2.50. The molecule has 5 nitrogen and oxygen atoms in total. The number of nitrogens with one attached hydrogen (secondary N) is 1. The summed E-state index contributed by atoms with van der Waals surface area (Å²) in [7, 11) is 0. The number of nitrogens with zero attached hydrogens (tertiary/aromatic N) is 1. The van der Waals surface area contributed by atoms with Crippen molar-refractivity contribution in [2.45, 2.75) is 18.3 Å². The molecule has 2 atom stereocenters. The van der Waals surface area contributed by atoms with Gasteiger partial charge >= 0.3 is 5.97 Å². The quantitative estimate of drug-likeness (QED) is 0.755. The maximum atomic E-state index is 11.9. The molecule has 2 heterocycles. The predicted molar refractivity (Wildman–Crippen MR) is 58.8 cm³/mol. The summed E-state index contributed by atoms with van der Waals surface area (Å²) in [6, 6.07) is 1.62. The van der Waals surface area contributed by atoms with Gasteiger partial charge in [0, 0.05) is 17.7 Å². The van der Waals surface area contributed by atoms with Crippen LogP contribution in [-0.2, 0) is 5.41 Å². The molecule has 1 aliphatic heterocycles. The van der Waals surface area contributed by atoms with E-state index < -0.39 is 5.97 Å². The Balaban J connectivity index is 1.96. The van der Waals surface area contributed by atoms with Gasteiger partial charge in [-0.25, -0.2) is 4.79 Å². The Bertz CT molecular complexity index is 613. The summed E-state index contributed by atoms with van der Waals surface area (Å²) in [6.07, 6.45) is 1.37. The highest BCUT2D eigenvalue weighted by Crippen LogP contribution is 2.61. The van der Waals surface area contributed by atoms with Crippen molar-refractivity contribution in [2.24, 2.45) is 10.9 Å². The number of aliphatic imine (C=N–C) groups is 1. The minimum absolute atomic E-state index is 0.0376. The van der Waals surface area contributed by atoms with E-state index in [9.17, 15) is 9.59 Å². The molecule has 1 saturated carbocycles. The number of carbonyl (C=O) groups is 2. The monoisotopic (exact) mass is 230 g/mol. The minimum Gasteiger partial charge on any atom is -0.477 e. The van der Waals surface area contributed by atoms with E-state index in [-0.39, 0.29) is 16.9 Å². The van der Waals surface area contributed by atoms with Crippen molar-refractivity contribution in [2.75, 3.05) is 6.54 Å². The molecule has 3 aliphatic rings. The summed E-state index contributed by atoms with van der Waals surface area (Å²) in [5, 5.41) is 8.99. The lowest BCUT2D eigenvalue weighted by Gasteiger charge is -2.21. The lowest BCUT2D eigenvalue weighted by atomic mass is 9.81. The van der Waals surface area contributed by atoms with Crippen LogP contribution in [0.1, 0.15) is 39.4 Å². The number of hydrogen-bond donors (Lipinski definition) is 2. The smallest absolute Gasteiger partial charge is 0.352 e. The Hall–Kier alpha value is -1.91. The van der Waals surface area contributed by atoms with Gasteiger partial charge in [0.15, 0.2) is 5.78 Å². The third-order valence-electron chi connectivity index (χ3n) is 4.26. The molecule has 4 rings (SSSR count). The molecule has 0 bridgehead atoms. The standard InChI is InChI=1S/C12H10N2O3/c15-8-2-9-12(3-5(12)4-13-9)6-1-7(11(16)17)14-10(6)8/h1,5,14H,2-4H2,(H,16,17). The molecule has 0 amide bonds. The van der Waals surface area contributed by atoms with Crippen molar-refractivity contribution in [3.05, 3.63) is 23.0 Å². The number of aromatic nitrogens is 1. The van der Waals surface area contributed by atoms with Gasteiger partial charge in [-0.15, -0.1) is 0 Å². The molecule has 2 unspecified atom stereocenters. The van der Waals surface area contributed by atoms with E-state index in [1.807, 2.05) is 0 Å². The summed E-state index contributed by atoms with van der Waals surface area (Å²) >= 11 is 0. The summed E-state index contributed by atoms with van der Waals surface area (Å²) in [6.45, 7) is 0.787. The predicted octanol–water partition coefficient (Wildman–Crippen LogP) is 1.01. The number of aromatic carboxylic acids is 1. The van der Waals surface area contributed by atoms with Crippen molar-refractivity contribution in [1.29, 1.82) is 0 Å². The van der Waals surface area contributed by atoms with E-state index >= 15 is 0 Å². The molecule has 1 spiro atoms. The van der Waals surface area contributed by atoms with E-state index in [1.165, 1.54) is 0 Å². The SMILES string of the molecule is O=C(O)c1cc2c([nH]1)C(=O)CC1=NCC3CC123. The van der Waals surface area contributed by atoms with Gasteiger partial charge in [-0.1, -0.05) is 0 Å². The lowest BCUT2D eigenvalue weighted by molar-refractivity contribution is 0.0691. The van der Waals surface area contributed by atoms with Crippen molar-refractivity contribution < 1.29 is 14.7 Å². The lowest BCUT2D eigenvalue weighted by Crippen LogP contribution is -2.30. The van der Waals surface area contributed by atoms with Crippen LogP contribution in [0.2, 0.25) is 0 Å². The van der Waals surface area contributed by atoms with Gasteiger partial charge in [-0.05, 0) is 24.0 Å². The van der Waals surface area contributed by atoms with Crippen LogP contribution < -0.4 is 0 Å². The molecule has 5 heteroatoms. The summed E-state index contributed by atoms with van der Waals surface area (Å²) in [4.78, 5) is 30.0. The maximum Gasteiger partial charge on any atom is 0.352 e. The number of carboxylic acids is 1. The average molecular weight is 230 g/mol. The first kappa shape index (κ1) is 9.15. The molecule has 0 saturated heterocycles. The Morgan fingerprint density at radius 3 is 3.12 bits per heavy atom. The van der Waals surface area contributed by atoms with Crippen LogP contribution in [0.4, 0.5) is 0 Å². The number of hydrogen-bond acceptors (Lipinski definition) is 3. The average Bonchev–Trinajstić information content (AvgIpc) is 2.71. The maximum absolute atomic E-state index is 11.9. The number of H-pyrrole nitrogens is 1. The minimum atomic E-state index is -1.02. The Morgan fingerprint density at radius 1 is 1.59 bits per heavy atom. The van der Waals surface area contributed by atoms with Crippen molar-refractivity contribution in [1.82, 2.24) is 4.98 Å². The van der Waals surface area contributed by atoms with E-state index in [0.29, 0.717) is 18.0 Å². The fourth-order valence-corrected chi connectivity index (χ4v) is 3.35. The van der Waals surface area contributed by atoms with Crippen molar-refractivity contribution in [3.63, 3.8) is 0 Å². The molecular formula is C12H10N2O3. The zero-order valence-electron chi connectivity index (χ0n) is 8.99. The highest BCUT2D eigenvalue weighted by molar-refractivity contribution is 6.20. The van der Waals surface area contributed by atoms with Crippen LogP contribution in [0.25, 0.3) is 0 Å². The van der Waals surface area contributed by atoms with Crippen LogP contribution in [-0.4, -0.2) is 34.1 Å². The Labute approximate surface area is 96.6 Å². The first-order valence-corrected chi connectivity index (χ1v) is 5.66. The number of Topliss-reactive ketones (excluding diaryl/α,β-unsaturated/α-hetero) is 1. The summed E-state index contributed by atoms with van der Waals surface area (Å²) < 4.78 is 0. The zero-order chi connectivity index (χ0) is 11.8. The summed E-state index contributed by atoms with van der Waals surface area (Å²) in [5.74, 6) is -0.566. The molecule has 0 aromatic carbocycles. The zero-order valence-corrected chi connectivity index (χ0v) is 8.99. The molecule has 2 aliphatic carbocycles. The molecule has 1 fully saturated rings. The highest BCUT2D eigenvalue weighted by Gasteiger charge is 2.64. The number of carbonyl (C=O) groups excluding carboxylic acids is 1. The number of aromatic amines is 1. The second-order valence-electron chi connectivity index (χ2n) is 5.04. The molecule has 0 radical (unpaired) electrons. The topological polar surface area (TPSA) is 82.5 Å². The van der Waals surface area contributed by atoms with Gasteiger partial charge in [0.2, 0.25) is 0 Å². The Morgan fingerprint density at radius 2 is 2.41 bits per heavy atom. The van der Waals surface area contributed by atoms with Gasteiger partial charge < -0.3 is 10.1 Å². The van der Waals surface area contributed by atoms with Gasteiger partial charge in [-0.2, -0.15) is 0 Å². The molecule has 1 aromatic rings. The third-order valence-corrected chi connectivity index (χ3v) is 4.26. The van der Waals surface area contributed by atoms with Gasteiger partial charge in [0.1, 0.15) is 5.69 Å². The van der Waals surface area contributed by atoms with Crippen LogP contribution in [0.15, 0.2) is 11.1 Å². The van der Waals surface area contributed by atoms with Gasteiger partial charge in [-0.3, -0.25) is 9.79 Å². The van der Waals surface area contributed by atoms with E-state index in [4.69, 9.17) is 5.11 Å². The van der Waals surface area contributed by atoms with Crippen LogP contribution in [0, 0.1) is 5.92 Å². The fourth-order valence-electron chi connectivity index (χ4n) is 3.35. The van der Waals surface area contributed by atoms with E-state index in [2.05, 4.69) is 9.98 Å². The molecule has 17 heavy (non-hydrogen) atoms. The van der Waals surface area contributed by atoms with Gasteiger partial charge in [0.05, 0.1) is 12.1 Å². The number of carboxylic acid groups (broad SMARTS) is 1. The van der Waals surface area contributed by atoms with Crippen LogP contribution in [0.3, 0.4) is 0 Å². The summed E-state index contributed by atoms with van der Waals surface area (Å²) in [5.41, 5.74) is 2.35. The van der Waals surface area contributed by atoms with Crippen molar-refractivity contribution in [3.8, 4) is 0 Å². The molecular weight excluding hydrogens is 220 g/mol. The molecule has 1 aromatic heterocycles. The number of fused-ring (bicyclic) bond motifs is 1. The van der Waals surface area contributed by atoms with Crippen LogP contribution >= 0.6 is 0 Å². The van der Waals surface area contributed by atoms with E-state index in [0.717, 1.165) is 24.2 Å². The fraction of sp³-hybridized carbons (Fsp3) is 0.417. The highest BCUT2D eigenvalue weighted by atomic mass is 16.4. The second-order valence-corrected chi connectivity index (χ2v) is 5.04. The molecule has 86 valence electrons. The van der Waals surface area contributed by atoms with E-state index in [1.54, 1.807) is 6.07 Å². The first-order valence-electron chi connectivity index (χ1n) is 5.66. The van der Waals surface area contributed by atoms with Crippen molar-refractivity contribution >= 4 is 17.5 Å². The Kier molecular flexibility index (Phi) is 1.35. The third kappa shape index (κ3) is 0.891. The number of ketones is 1. The normalized spacial score (nSPS) is 32.6.